The number of benzene rings is 1. The number of hydrogen-bond acceptors (Lipinski definition) is 5. The van der Waals surface area contributed by atoms with Crippen molar-refractivity contribution in [3.8, 4) is 0 Å². The monoisotopic (exact) mass is 271 g/mol. The molecule has 0 saturated heterocycles. The molecular weight excluding hydrogens is 258 g/mol. The molecule has 3 aromatic rings. The Morgan fingerprint density at radius 1 is 1.26 bits per heavy atom. The fraction of sp³-hybridized carbons (Fsp3) is 0.0769. The molecular formula is C13H13N5S. The van der Waals surface area contributed by atoms with E-state index in [0.717, 1.165) is 22.0 Å². The molecule has 0 bridgehead atoms. The van der Waals surface area contributed by atoms with Gasteiger partial charge in [-0.05, 0) is 18.2 Å². The van der Waals surface area contributed by atoms with Crippen molar-refractivity contribution in [1.29, 1.82) is 0 Å². The molecule has 0 atom stereocenters. The van der Waals surface area contributed by atoms with E-state index in [1.165, 1.54) is 5.39 Å². The topological polar surface area (TPSA) is 79.6 Å². The van der Waals surface area contributed by atoms with Crippen LogP contribution in [0.4, 0.5) is 5.95 Å². The van der Waals surface area contributed by atoms with Crippen LogP contribution in [0.15, 0.2) is 47.6 Å². The summed E-state index contributed by atoms with van der Waals surface area (Å²) in [5, 5.41) is 2.35. The lowest BCUT2D eigenvalue weighted by molar-refractivity contribution is 1.06. The number of nitrogens with zero attached hydrogens (tertiary/aromatic N) is 2. The Hall–Kier alpha value is -2.05. The number of thioether (sulfide) groups is 1. The van der Waals surface area contributed by atoms with E-state index in [9.17, 15) is 0 Å². The smallest absolute Gasteiger partial charge is 0.237 e. The van der Waals surface area contributed by atoms with E-state index in [4.69, 9.17) is 5.84 Å². The summed E-state index contributed by atoms with van der Waals surface area (Å²) in [6, 6.07) is 12.3. The molecule has 0 aliphatic rings. The molecule has 0 fully saturated rings. The molecule has 0 aliphatic heterocycles. The molecule has 5 nitrogen and oxygen atoms in total. The number of anilines is 1. The van der Waals surface area contributed by atoms with Crippen LogP contribution in [0.5, 0.6) is 0 Å². The van der Waals surface area contributed by atoms with Gasteiger partial charge in [-0.1, -0.05) is 18.2 Å². The Kier molecular flexibility index (Phi) is 3.35. The van der Waals surface area contributed by atoms with Gasteiger partial charge in [-0.2, -0.15) is 0 Å². The summed E-state index contributed by atoms with van der Waals surface area (Å²) in [6.45, 7) is 0. The zero-order valence-corrected chi connectivity index (χ0v) is 10.9. The Labute approximate surface area is 114 Å². The van der Waals surface area contributed by atoms with Crippen LogP contribution < -0.4 is 11.3 Å². The van der Waals surface area contributed by atoms with Gasteiger partial charge in [0.15, 0.2) is 0 Å². The Balaban J connectivity index is 1.74. The quantitative estimate of drug-likeness (QED) is 0.386. The molecule has 19 heavy (non-hydrogen) atoms. The van der Waals surface area contributed by atoms with Crippen LogP contribution >= 0.6 is 11.8 Å². The van der Waals surface area contributed by atoms with Crippen molar-refractivity contribution in [2.75, 3.05) is 5.43 Å². The lowest BCUT2D eigenvalue weighted by Crippen LogP contribution is -2.10. The van der Waals surface area contributed by atoms with Gasteiger partial charge in [0, 0.05) is 22.9 Å². The first-order valence-electron chi connectivity index (χ1n) is 5.84. The molecule has 4 N–H and O–H groups in total. The number of nitrogen functional groups attached to an aromatic ring is 1. The number of nitrogens with two attached hydrogens (primary N) is 1. The van der Waals surface area contributed by atoms with Crippen molar-refractivity contribution in [1.82, 2.24) is 15.0 Å². The van der Waals surface area contributed by atoms with Crippen molar-refractivity contribution in [3.63, 3.8) is 0 Å². The highest BCUT2D eigenvalue weighted by Gasteiger charge is 2.03. The second-order valence-corrected chi connectivity index (χ2v) is 5.04. The van der Waals surface area contributed by atoms with E-state index in [1.807, 2.05) is 18.2 Å². The molecule has 0 aliphatic carbocycles. The molecule has 6 heteroatoms. The molecule has 0 amide bonds. The minimum atomic E-state index is 0.440. The number of aromatic amines is 1. The average Bonchev–Trinajstić information content (AvgIpc) is 2.88. The summed E-state index contributed by atoms with van der Waals surface area (Å²) in [6.07, 6.45) is 1.70. The molecule has 3 rings (SSSR count). The van der Waals surface area contributed by atoms with Gasteiger partial charge in [0.2, 0.25) is 5.95 Å². The first kappa shape index (κ1) is 12.0. The van der Waals surface area contributed by atoms with Crippen molar-refractivity contribution in [3.05, 3.63) is 48.3 Å². The lowest BCUT2D eigenvalue weighted by Gasteiger charge is -2.01. The number of hydrogen-bond donors (Lipinski definition) is 3. The van der Waals surface area contributed by atoms with Gasteiger partial charge in [0.05, 0.1) is 10.7 Å². The van der Waals surface area contributed by atoms with E-state index in [1.54, 1.807) is 18.0 Å². The summed E-state index contributed by atoms with van der Waals surface area (Å²) in [5.74, 6) is 6.50. The lowest BCUT2D eigenvalue weighted by atomic mass is 10.3. The van der Waals surface area contributed by atoms with Gasteiger partial charge in [-0.15, -0.1) is 11.8 Å². The molecule has 0 radical (unpaired) electrons. The summed E-state index contributed by atoms with van der Waals surface area (Å²) >= 11 is 1.70. The van der Waals surface area contributed by atoms with Gasteiger partial charge < -0.3 is 4.98 Å². The SMILES string of the molecule is NNc1nccc(CSc2cc3ccccc3[nH]2)n1. The highest BCUT2D eigenvalue weighted by atomic mass is 32.2. The van der Waals surface area contributed by atoms with Crippen LogP contribution in [-0.2, 0) is 5.75 Å². The maximum atomic E-state index is 5.29. The van der Waals surface area contributed by atoms with Crippen LogP contribution in [0.1, 0.15) is 5.69 Å². The number of rotatable bonds is 4. The highest BCUT2D eigenvalue weighted by molar-refractivity contribution is 7.98. The van der Waals surface area contributed by atoms with Gasteiger partial charge in [-0.25, -0.2) is 15.8 Å². The Morgan fingerprint density at radius 3 is 3.00 bits per heavy atom. The second kappa shape index (κ2) is 5.29. The fourth-order valence-electron chi connectivity index (χ4n) is 1.82. The third-order valence-corrected chi connectivity index (χ3v) is 3.69. The van der Waals surface area contributed by atoms with Gasteiger partial charge in [-0.3, -0.25) is 5.43 Å². The highest BCUT2D eigenvalue weighted by Crippen LogP contribution is 2.25. The van der Waals surface area contributed by atoms with Crippen LogP contribution in [0, 0.1) is 0 Å². The first-order chi connectivity index (χ1) is 9.35. The third-order valence-electron chi connectivity index (χ3n) is 2.72. The first-order valence-corrected chi connectivity index (χ1v) is 6.83. The van der Waals surface area contributed by atoms with Crippen molar-refractivity contribution in [2.45, 2.75) is 10.8 Å². The van der Waals surface area contributed by atoms with Crippen LogP contribution in [0.2, 0.25) is 0 Å². The van der Waals surface area contributed by atoms with Crippen LogP contribution in [0.3, 0.4) is 0 Å². The number of para-hydroxylation sites is 1. The van der Waals surface area contributed by atoms with Gasteiger partial charge in [0.1, 0.15) is 0 Å². The molecule has 0 unspecified atom stereocenters. The van der Waals surface area contributed by atoms with E-state index in [2.05, 4.69) is 38.6 Å². The number of aromatic nitrogens is 3. The molecule has 96 valence electrons. The van der Waals surface area contributed by atoms with Gasteiger partial charge in [0.25, 0.3) is 0 Å². The zero-order chi connectivity index (χ0) is 13.1. The Morgan fingerprint density at radius 2 is 2.16 bits per heavy atom. The Bertz CT molecular complexity index is 661. The molecule has 0 spiro atoms. The van der Waals surface area contributed by atoms with Crippen molar-refractivity contribution >= 4 is 28.6 Å². The summed E-state index contributed by atoms with van der Waals surface area (Å²) < 4.78 is 0. The predicted molar refractivity (Wildman–Crippen MR) is 77.7 cm³/mol. The van der Waals surface area contributed by atoms with E-state index < -0.39 is 0 Å². The van der Waals surface area contributed by atoms with Gasteiger partial charge >= 0.3 is 0 Å². The summed E-state index contributed by atoms with van der Waals surface area (Å²) in [4.78, 5) is 11.6. The number of hydrazine groups is 1. The summed E-state index contributed by atoms with van der Waals surface area (Å²) in [7, 11) is 0. The standard InChI is InChI=1S/C13H13N5S/c14-18-13-15-6-5-10(16-13)8-19-12-7-9-3-1-2-4-11(9)17-12/h1-7,17H,8,14H2,(H,15,16,18). The zero-order valence-electron chi connectivity index (χ0n) is 10.1. The maximum Gasteiger partial charge on any atom is 0.237 e. The molecule has 1 aromatic carbocycles. The fourth-order valence-corrected chi connectivity index (χ4v) is 2.68. The van der Waals surface area contributed by atoms with E-state index in [-0.39, 0.29) is 0 Å². The van der Waals surface area contributed by atoms with Crippen LogP contribution in [-0.4, -0.2) is 15.0 Å². The number of fused-ring (bicyclic) bond motifs is 1. The van der Waals surface area contributed by atoms with E-state index >= 15 is 0 Å². The summed E-state index contributed by atoms with van der Waals surface area (Å²) in [5.41, 5.74) is 4.53. The number of H-pyrrole nitrogens is 1. The van der Waals surface area contributed by atoms with Crippen LogP contribution in [0.25, 0.3) is 10.9 Å². The predicted octanol–water partition coefficient (Wildman–Crippen LogP) is 2.54. The van der Waals surface area contributed by atoms with Crippen molar-refractivity contribution < 1.29 is 0 Å². The minimum absolute atomic E-state index is 0.440. The van der Waals surface area contributed by atoms with E-state index in [0.29, 0.717) is 5.95 Å². The average molecular weight is 271 g/mol. The molecule has 0 saturated carbocycles. The number of nitrogens with one attached hydrogen (secondary N) is 2. The largest absolute Gasteiger partial charge is 0.350 e. The molecule has 2 aromatic heterocycles. The normalized spacial score (nSPS) is 10.8. The third kappa shape index (κ3) is 2.69. The van der Waals surface area contributed by atoms with Crippen molar-refractivity contribution in [2.24, 2.45) is 5.84 Å². The second-order valence-electron chi connectivity index (χ2n) is 4.03. The maximum absolute atomic E-state index is 5.29. The minimum Gasteiger partial charge on any atom is -0.350 e. The molecule has 2 heterocycles.